The van der Waals surface area contributed by atoms with Gasteiger partial charge in [-0.2, -0.15) is 0 Å². The van der Waals surface area contributed by atoms with Gasteiger partial charge in [-0.1, -0.05) is 146 Å². The van der Waals surface area contributed by atoms with Crippen LogP contribution in [0, 0.1) is 0 Å². The predicted octanol–water partition coefficient (Wildman–Crippen LogP) is 12.3. The Morgan fingerprint density at radius 3 is 1.57 bits per heavy atom. The minimum absolute atomic E-state index is 0.103. The van der Waals surface area contributed by atoms with Crippen molar-refractivity contribution in [2.45, 2.75) is 200 Å². The van der Waals surface area contributed by atoms with Crippen LogP contribution >= 0.6 is 0 Å². The molecule has 0 aromatic heterocycles. The van der Waals surface area contributed by atoms with Gasteiger partial charge in [-0.15, -0.1) is 0 Å². The van der Waals surface area contributed by atoms with Crippen LogP contribution in [0.15, 0.2) is 48.6 Å². The van der Waals surface area contributed by atoms with Crippen molar-refractivity contribution in [3.05, 3.63) is 48.6 Å². The zero-order chi connectivity index (χ0) is 35.9. The van der Waals surface area contributed by atoms with Crippen LogP contribution in [0.2, 0.25) is 0 Å². The van der Waals surface area contributed by atoms with E-state index >= 15 is 0 Å². The number of aliphatic carboxylic acids is 1. The van der Waals surface area contributed by atoms with E-state index in [0.717, 1.165) is 64.2 Å². The highest BCUT2D eigenvalue weighted by atomic mass is 16.5. The monoisotopic (exact) mass is 686 g/mol. The van der Waals surface area contributed by atoms with Crippen LogP contribution in [0.4, 0.5) is 0 Å². The maximum atomic E-state index is 12.7. The molecule has 0 heterocycles. The summed E-state index contributed by atoms with van der Waals surface area (Å²) in [6.45, 7) is 4.15. The van der Waals surface area contributed by atoms with E-state index in [4.69, 9.17) is 9.84 Å². The molecule has 0 fully saturated rings. The third kappa shape index (κ3) is 38.0. The van der Waals surface area contributed by atoms with E-state index in [2.05, 4.69) is 61.7 Å². The lowest BCUT2D eigenvalue weighted by atomic mass is 10.1. The molecule has 0 rings (SSSR count). The first kappa shape index (κ1) is 46.4. The smallest absolute Gasteiger partial charge is 0.322 e. The Balaban J connectivity index is 4.13. The second kappa shape index (κ2) is 38.2. The molecule has 0 saturated carbocycles. The standard InChI is InChI=1S/C43H75NO5/c1-3-5-7-9-11-13-14-15-16-17-18-19-20-21-22-24-26-28-34-38-43(48)49-40(35-31-27-25-23-12-10-8-6-4-2)36-32-29-30-33-37-41(45)44-39-42(46)47/h11,13,15-16,23,25,31,35,40H,3-10,12,14,17-22,24,26-30,32-34,36-39H2,1-2H3,(H,44,45)(H,46,47)/b13-11-,16-15-,25-23-,35-31-. The fourth-order valence-electron chi connectivity index (χ4n) is 5.67. The van der Waals surface area contributed by atoms with E-state index < -0.39 is 5.97 Å². The number of carboxylic acids is 1. The number of allylic oxidation sites excluding steroid dienone is 7. The number of carboxylic acid groups (broad SMARTS) is 1. The van der Waals surface area contributed by atoms with Crippen molar-refractivity contribution in [2.75, 3.05) is 6.54 Å². The van der Waals surface area contributed by atoms with Gasteiger partial charge in [-0.05, 0) is 83.1 Å². The van der Waals surface area contributed by atoms with Gasteiger partial charge in [0.15, 0.2) is 0 Å². The second-order valence-corrected chi connectivity index (χ2v) is 13.5. The number of unbranched alkanes of at least 4 members (excludes halogenated alkanes) is 19. The number of esters is 1. The maximum Gasteiger partial charge on any atom is 0.322 e. The highest BCUT2D eigenvalue weighted by Gasteiger charge is 2.12. The summed E-state index contributed by atoms with van der Waals surface area (Å²) in [6, 6.07) is 0. The Morgan fingerprint density at radius 1 is 0.551 bits per heavy atom. The third-order valence-electron chi connectivity index (χ3n) is 8.71. The van der Waals surface area contributed by atoms with Gasteiger partial charge in [0.2, 0.25) is 5.91 Å². The zero-order valence-electron chi connectivity index (χ0n) is 31.8. The summed E-state index contributed by atoms with van der Waals surface area (Å²) in [4.78, 5) is 34.9. The molecule has 0 aliphatic carbocycles. The average molecular weight is 686 g/mol. The van der Waals surface area contributed by atoms with Gasteiger partial charge >= 0.3 is 11.9 Å². The molecule has 0 saturated heterocycles. The minimum atomic E-state index is -1.03. The normalized spacial score (nSPS) is 12.5. The minimum Gasteiger partial charge on any atom is -0.480 e. The average Bonchev–Trinajstić information content (AvgIpc) is 3.08. The molecule has 282 valence electrons. The molecule has 1 amide bonds. The summed E-state index contributed by atoms with van der Waals surface area (Å²) in [5.41, 5.74) is 0. The molecule has 0 radical (unpaired) electrons. The lowest BCUT2D eigenvalue weighted by Crippen LogP contribution is -2.28. The van der Waals surface area contributed by atoms with Gasteiger partial charge in [0.1, 0.15) is 12.6 Å². The lowest BCUT2D eigenvalue weighted by molar-refractivity contribution is -0.147. The summed E-state index contributed by atoms with van der Waals surface area (Å²) in [5, 5.41) is 11.1. The van der Waals surface area contributed by atoms with Crippen molar-refractivity contribution in [2.24, 2.45) is 0 Å². The van der Waals surface area contributed by atoms with Gasteiger partial charge in [-0.3, -0.25) is 14.4 Å². The number of hydrogen-bond donors (Lipinski definition) is 2. The molecule has 0 bridgehead atoms. The van der Waals surface area contributed by atoms with Crippen LogP contribution in [0.25, 0.3) is 0 Å². The molecule has 1 atom stereocenters. The fraction of sp³-hybridized carbons (Fsp3) is 0.744. The van der Waals surface area contributed by atoms with Crippen LogP contribution < -0.4 is 5.32 Å². The molecule has 6 heteroatoms. The summed E-state index contributed by atoms with van der Waals surface area (Å²) < 4.78 is 5.88. The van der Waals surface area contributed by atoms with Crippen LogP contribution in [-0.2, 0) is 19.1 Å². The Kier molecular flexibility index (Phi) is 36.1. The van der Waals surface area contributed by atoms with Crippen LogP contribution in [0.3, 0.4) is 0 Å². The van der Waals surface area contributed by atoms with Gasteiger partial charge in [0, 0.05) is 12.8 Å². The van der Waals surface area contributed by atoms with Crippen molar-refractivity contribution in [3.8, 4) is 0 Å². The molecule has 0 aliphatic rings. The van der Waals surface area contributed by atoms with E-state index in [-0.39, 0.29) is 24.5 Å². The first-order valence-electron chi connectivity index (χ1n) is 20.3. The first-order valence-corrected chi connectivity index (χ1v) is 20.3. The van der Waals surface area contributed by atoms with Gasteiger partial charge in [0.05, 0.1) is 0 Å². The van der Waals surface area contributed by atoms with Gasteiger partial charge in [-0.25, -0.2) is 0 Å². The predicted molar refractivity (Wildman–Crippen MR) is 208 cm³/mol. The largest absolute Gasteiger partial charge is 0.480 e. The van der Waals surface area contributed by atoms with Crippen molar-refractivity contribution in [3.63, 3.8) is 0 Å². The van der Waals surface area contributed by atoms with Crippen LogP contribution in [-0.4, -0.2) is 35.6 Å². The number of hydrogen-bond acceptors (Lipinski definition) is 4. The Bertz CT molecular complexity index is 891. The molecule has 2 N–H and O–H groups in total. The molecule has 0 aromatic carbocycles. The van der Waals surface area contributed by atoms with Crippen molar-refractivity contribution >= 4 is 17.8 Å². The fourth-order valence-corrected chi connectivity index (χ4v) is 5.67. The van der Waals surface area contributed by atoms with Crippen molar-refractivity contribution < 1.29 is 24.2 Å². The molecular weight excluding hydrogens is 610 g/mol. The number of rotatable bonds is 36. The SMILES string of the molecule is CCCCC/C=C\C/C=C\CCCCCCCCCCCC(=O)OC(/C=C\C/C=C\CCCCCC)CCCCCCC(=O)NCC(=O)O. The molecule has 0 aromatic rings. The number of carbonyl (C=O) groups is 3. The Hall–Kier alpha value is -2.63. The number of ether oxygens (including phenoxy) is 1. The summed E-state index contributed by atoms with van der Waals surface area (Å²) in [5.74, 6) is -1.35. The topological polar surface area (TPSA) is 92.7 Å². The van der Waals surface area contributed by atoms with E-state index in [9.17, 15) is 14.4 Å². The summed E-state index contributed by atoms with van der Waals surface area (Å²) in [6.07, 6.45) is 48.2. The molecule has 0 spiro atoms. The third-order valence-corrected chi connectivity index (χ3v) is 8.71. The van der Waals surface area contributed by atoms with Crippen molar-refractivity contribution in [1.82, 2.24) is 5.32 Å². The van der Waals surface area contributed by atoms with Gasteiger partial charge in [0.25, 0.3) is 0 Å². The molecule has 49 heavy (non-hydrogen) atoms. The molecule has 1 unspecified atom stereocenters. The number of carbonyl (C=O) groups excluding carboxylic acids is 2. The lowest BCUT2D eigenvalue weighted by Gasteiger charge is -2.14. The quantitative estimate of drug-likeness (QED) is 0.0389. The van der Waals surface area contributed by atoms with E-state index in [0.29, 0.717) is 12.8 Å². The summed E-state index contributed by atoms with van der Waals surface area (Å²) in [7, 11) is 0. The van der Waals surface area contributed by atoms with E-state index in [1.54, 1.807) is 0 Å². The molecular formula is C43H75NO5. The number of amides is 1. The van der Waals surface area contributed by atoms with Crippen LogP contribution in [0.1, 0.15) is 194 Å². The van der Waals surface area contributed by atoms with Gasteiger partial charge < -0.3 is 15.2 Å². The maximum absolute atomic E-state index is 12.7. The van der Waals surface area contributed by atoms with Crippen LogP contribution in [0.5, 0.6) is 0 Å². The summed E-state index contributed by atoms with van der Waals surface area (Å²) >= 11 is 0. The zero-order valence-corrected chi connectivity index (χ0v) is 31.8. The first-order chi connectivity index (χ1) is 24.0. The Labute approximate surface area is 301 Å². The highest BCUT2D eigenvalue weighted by molar-refractivity contribution is 5.80. The Morgan fingerprint density at radius 2 is 1.00 bits per heavy atom. The highest BCUT2D eigenvalue weighted by Crippen LogP contribution is 2.15. The molecule has 6 nitrogen and oxygen atoms in total. The van der Waals surface area contributed by atoms with Crippen molar-refractivity contribution in [1.29, 1.82) is 0 Å². The van der Waals surface area contributed by atoms with E-state index in [1.165, 1.54) is 103 Å². The molecule has 0 aliphatic heterocycles. The van der Waals surface area contributed by atoms with E-state index in [1.807, 2.05) is 6.08 Å². The number of nitrogens with one attached hydrogen (secondary N) is 1. The second-order valence-electron chi connectivity index (χ2n) is 13.5.